The van der Waals surface area contributed by atoms with Gasteiger partial charge in [-0.15, -0.1) is 0 Å². The van der Waals surface area contributed by atoms with Gasteiger partial charge in [-0.1, -0.05) is 35.9 Å². The first-order valence-electron chi connectivity index (χ1n) is 13.5. The van der Waals surface area contributed by atoms with Crippen LogP contribution in [0.4, 0.5) is 0 Å². The van der Waals surface area contributed by atoms with Gasteiger partial charge >= 0.3 is 5.97 Å². The first kappa shape index (κ1) is 30.5. The van der Waals surface area contributed by atoms with E-state index in [1.54, 1.807) is 47.4 Å². The minimum atomic E-state index is -1.06. The highest BCUT2D eigenvalue weighted by Gasteiger charge is 2.30. The van der Waals surface area contributed by atoms with E-state index < -0.39 is 24.0 Å². The summed E-state index contributed by atoms with van der Waals surface area (Å²) < 4.78 is 0. The van der Waals surface area contributed by atoms with Crippen molar-refractivity contribution in [3.8, 4) is 11.3 Å². The number of aromatic nitrogens is 2. The number of primary amides is 1. The number of hydrogen-bond donors (Lipinski definition) is 4. The topological polar surface area (TPSA) is 155 Å². The van der Waals surface area contributed by atoms with Crippen molar-refractivity contribution in [2.75, 3.05) is 0 Å². The monoisotopic (exact) mass is 587 g/mol. The Hall–Kier alpha value is -4.47. The Morgan fingerprint density at radius 3 is 2.24 bits per heavy atom. The molecule has 0 spiro atoms. The Kier molecular flexibility index (Phi) is 9.14. The number of amides is 2. The van der Waals surface area contributed by atoms with Crippen molar-refractivity contribution in [2.24, 2.45) is 11.5 Å². The van der Waals surface area contributed by atoms with Crippen LogP contribution in [0.2, 0.25) is 5.02 Å². The molecule has 0 aliphatic heterocycles. The van der Waals surface area contributed by atoms with Crippen LogP contribution in [0.5, 0.6) is 0 Å². The number of carboxylic acid groups (broad SMARTS) is 1. The van der Waals surface area contributed by atoms with Gasteiger partial charge in [0.05, 0.1) is 23.3 Å². The number of aryl methyl sites for hydroxylation is 3. The fourth-order valence-corrected chi connectivity index (χ4v) is 5.23. The molecule has 42 heavy (non-hydrogen) atoms. The number of rotatable bonds is 10. The molecule has 0 saturated heterocycles. The molecular weight excluding hydrogens is 554 g/mol. The summed E-state index contributed by atoms with van der Waals surface area (Å²) in [6.45, 7) is 7.58. The fourth-order valence-electron chi connectivity index (χ4n) is 5.10. The number of imidazole rings is 1. The van der Waals surface area contributed by atoms with Crippen LogP contribution in [0.3, 0.4) is 0 Å². The van der Waals surface area contributed by atoms with Gasteiger partial charge in [0.1, 0.15) is 5.82 Å². The Morgan fingerprint density at radius 1 is 1.00 bits per heavy atom. The van der Waals surface area contributed by atoms with E-state index in [2.05, 4.69) is 4.98 Å². The van der Waals surface area contributed by atoms with Crippen molar-refractivity contribution in [3.63, 3.8) is 0 Å². The lowest BCUT2D eigenvalue weighted by molar-refractivity contribution is -0.135. The standard InChI is InChI=1S/C32H34ClN5O4/c1-17-12-24(29(35)39)13-18(2)26(17)15-27(34)31(40)38(16-21-6-5-7-23(14-21)32(41)42)20(4)30-36-19(3)28(37-30)22-8-10-25(33)11-9-22/h5-14,20,27H,15-16,34H2,1-4H3,(H2,35,39)(H,36,37)(H,41,42)/t20-,27-/m0/s1. The number of nitrogens with one attached hydrogen (secondary N) is 1. The second-order valence-corrected chi connectivity index (χ2v) is 11.0. The number of hydrogen-bond acceptors (Lipinski definition) is 5. The number of aromatic amines is 1. The number of carbonyl (C=O) groups is 3. The molecule has 9 nitrogen and oxygen atoms in total. The number of benzene rings is 3. The Labute approximate surface area is 249 Å². The SMILES string of the molecule is Cc1cc(C(N)=O)cc(C)c1C[C@H](N)C(=O)N(Cc1cccc(C(=O)O)c1)[C@@H](C)c1nc(-c2ccc(Cl)cc2)c(C)[nH]1. The average molecular weight is 588 g/mol. The molecule has 0 aliphatic rings. The smallest absolute Gasteiger partial charge is 0.335 e. The molecule has 0 fully saturated rings. The van der Waals surface area contributed by atoms with E-state index in [1.165, 1.54) is 6.07 Å². The van der Waals surface area contributed by atoms with E-state index in [4.69, 9.17) is 28.1 Å². The van der Waals surface area contributed by atoms with E-state index in [1.807, 2.05) is 39.8 Å². The van der Waals surface area contributed by atoms with Gasteiger partial charge in [0.25, 0.3) is 0 Å². The van der Waals surface area contributed by atoms with Crippen LogP contribution in [0.25, 0.3) is 11.3 Å². The molecule has 218 valence electrons. The average Bonchev–Trinajstić information content (AvgIpc) is 3.34. The maximum absolute atomic E-state index is 14.0. The third-order valence-electron chi connectivity index (χ3n) is 7.42. The van der Waals surface area contributed by atoms with Crippen LogP contribution >= 0.6 is 11.6 Å². The lowest BCUT2D eigenvalue weighted by atomic mass is 9.93. The van der Waals surface area contributed by atoms with E-state index in [0.29, 0.717) is 22.0 Å². The minimum Gasteiger partial charge on any atom is -0.478 e. The zero-order chi connectivity index (χ0) is 30.7. The summed E-state index contributed by atoms with van der Waals surface area (Å²) in [6, 6.07) is 15.8. The molecule has 10 heteroatoms. The number of halogens is 1. The van der Waals surface area contributed by atoms with Crippen molar-refractivity contribution < 1.29 is 19.5 Å². The molecule has 1 aromatic heterocycles. The van der Waals surface area contributed by atoms with E-state index >= 15 is 0 Å². The van der Waals surface area contributed by atoms with Crippen molar-refractivity contribution in [2.45, 2.75) is 52.7 Å². The summed E-state index contributed by atoms with van der Waals surface area (Å²) in [4.78, 5) is 47.1. The normalized spacial score (nSPS) is 12.5. The summed E-state index contributed by atoms with van der Waals surface area (Å²) >= 11 is 6.07. The van der Waals surface area contributed by atoms with Crippen LogP contribution in [-0.2, 0) is 17.8 Å². The van der Waals surface area contributed by atoms with Gasteiger partial charge in [0.2, 0.25) is 11.8 Å². The molecule has 0 bridgehead atoms. The summed E-state index contributed by atoms with van der Waals surface area (Å²) in [7, 11) is 0. The molecule has 0 radical (unpaired) electrons. The first-order chi connectivity index (χ1) is 19.8. The zero-order valence-electron chi connectivity index (χ0n) is 23.9. The molecular formula is C32H34ClN5O4. The molecule has 1 heterocycles. The van der Waals surface area contributed by atoms with E-state index in [0.717, 1.165) is 33.6 Å². The quantitative estimate of drug-likeness (QED) is 0.202. The van der Waals surface area contributed by atoms with Crippen molar-refractivity contribution in [1.82, 2.24) is 14.9 Å². The highest BCUT2D eigenvalue weighted by molar-refractivity contribution is 6.30. The van der Waals surface area contributed by atoms with Crippen LogP contribution in [0.1, 0.15) is 67.5 Å². The number of carbonyl (C=O) groups excluding carboxylic acids is 2. The van der Waals surface area contributed by atoms with Crippen molar-refractivity contribution in [1.29, 1.82) is 0 Å². The van der Waals surface area contributed by atoms with Gasteiger partial charge in [0.15, 0.2) is 0 Å². The van der Waals surface area contributed by atoms with Crippen molar-refractivity contribution >= 4 is 29.4 Å². The van der Waals surface area contributed by atoms with E-state index in [-0.39, 0.29) is 24.4 Å². The van der Waals surface area contributed by atoms with Gasteiger partial charge < -0.3 is 26.5 Å². The molecule has 2 atom stereocenters. The van der Waals surface area contributed by atoms with Crippen molar-refractivity contribution in [3.05, 3.63) is 111 Å². The molecule has 0 saturated carbocycles. The molecule has 2 amide bonds. The molecule has 4 aromatic rings. The lowest BCUT2D eigenvalue weighted by Crippen LogP contribution is -2.46. The Morgan fingerprint density at radius 2 is 1.64 bits per heavy atom. The largest absolute Gasteiger partial charge is 0.478 e. The van der Waals surface area contributed by atoms with E-state index in [9.17, 15) is 19.5 Å². The third kappa shape index (κ3) is 6.70. The predicted octanol–water partition coefficient (Wildman–Crippen LogP) is 5.11. The van der Waals surface area contributed by atoms with Crippen LogP contribution in [0, 0.1) is 20.8 Å². The number of aromatic carboxylic acids is 1. The second kappa shape index (κ2) is 12.6. The second-order valence-electron chi connectivity index (χ2n) is 10.5. The predicted molar refractivity (Wildman–Crippen MR) is 162 cm³/mol. The molecule has 3 aromatic carbocycles. The van der Waals surface area contributed by atoms with Gasteiger partial charge in [-0.3, -0.25) is 9.59 Å². The third-order valence-corrected chi connectivity index (χ3v) is 7.67. The maximum atomic E-state index is 14.0. The number of nitrogens with two attached hydrogens (primary N) is 2. The number of H-pyrrole nitrogens is 1. The number of nitrogens with zero attached hydrogens (tertiary/aromatic N) is 2. The maximum Gasteiger partial charge on any atom is 0.335 e. The van der Waals surface area contributed by atoms with Gasteiger partial charge in [0, 0.05) is 28.4 Å². The molecule has 0 aliphatic carbocycles. The summed E-state index contributed by atoms with van der Waals surface area (Å²) in [5.74, 6) is -1.35. The van der Waals surface area contributed by atoms with Gasteiger partial charge in [-0.2, -0.15) is 0 Å². The van der Waals surface area contributed by atoms with Gasteiger partial charge in [-0.25, -0.2) is 9.78 Å². The Balaban J connectivity index is 1.69. The summed E-state index contributed by atoms with van der Waals surface area (Å²) in [6.07, 6.45) is 0.237. The summed E-state index contributed by atoms with van der Waals surface area (Å²) in [5.41, 5.74) is 18.1. The fraction of sp³-hybridized carbons (Fsp3) is 0.250. The highest BCUT2D eigenvalue weighted by Crippen LogP contribution is 2.29. The van der Waals surface area contributed by atoms with Crippen LogP contribution in [0.15, 0.2) is 60.7 Å². The van der Waals surface area contributed by atoms with Crippen LogP contribution < -0.4 is 11.5 Å². The highest BCUT2D eigenvalue weighted by atomic mass is 35.5. The molecule has 6 N–H and O–H groups in total. The van der Waals surface area contributed by atoms with Crippen LogP contribution in [-0.4, -0.2) is 43.8 Å². The minimum absolute atomic E-state index is 0.115. The summed E-state index contributed by atoms with van der Waals surface area (Å²) in [5, 5.41) is 10.1. The first-order valence-corrected chi connectivity index (χ1v) is 13.8. The zero-order valence-corrected chi connectivity index (χ0v) is 24.7. The molecule has 0 unspecified atom stereocenters. The van der Waals surface area contributed by atoms with Gasteiger partial charge in [-0.05, 0) is 92.8 Å². The lowest BCUT2D eigenvalue weighted by Gasteiger charge is -2.31. The molecule has 4 rings (SSSR count). The number of carboxylic acids is 1. The Bertz CT molecular complexity index is 1620.